The molecule has 0 unspecified atom stereocenters. The lowest BCUT2D eigenvalue weighted by Gasteiger charge is -2.20. The van der Waals surface area contributed by atoms with Crippen molar-refractivity contribution in [1.29, 1.82) is 0 Å². The molecule has 0 aliphatic carbocycles. The number of amides is 1. The van der Waals surface area contributed by atoms with Gasteiger partial charge in [0.2, 0.25) is 0 Å². The maximum absolute atomic E-state index is 12.5. The molecule has 0 saturated carbocycles. The number of likely N-dealkylation sites (N-methyl/N-ethyl adjacent to an activating group) is 1. The van der Waals surface area contributed by atoms with Crippen LogP contribution in [0.25, 0.3) is 0 Å². The van der Waals surface area contributed by atoms with Gasteiger partial charge >= 0.3 is 0 Å². The smallest absolute Gasteiger partial charge is 0.261 e. The molecule has 0 atom stereocenters. The number of nitrogens with zero attached hydrogens (tertiary/aromatic N) is 2. The van der Waals surface area contributed by atoms with E-state index in [2.05, 4.69) is 27.0 Å². The highest BCUT2D eigenvalue weighted by atomic mass is 32.2. The molecular formula is C20H20N4O3S2. The van der Waals surface area contributed by atoms with E-state index in [1.165, 1.54) is 28.3 Å². The molecule has 0 spiro atoms. The van der Waals surface area contributed by atoms with E-state index in [1.807, 2.05) is 0 Å². The first-order valence-electron chi connectivity index (χ1n) is 9.07. The van der Waals surface area contributed by atoms with Crippen LogP contribution < -0.4 is 10.0 Å². The van der Waals surface area contributed by atoms with Gasteiger partial charge in [-0.2, -0.15) is 0 Å². The minimum Gasteiger partial charge on any atom is -0.301 e. The van der Waals surface area contributed by atoms with Gasteiger partial charge in [-0.15, -0.1) is 11.3 Å². The second kappa shape index (κ2) is 7.94. The number of benzene rings is 2. The van der Waals surface area contributed by atoms with Crippen molar-refractivity contribution in [3.63, 3.8) is 0 Å². The molecular weight excluding hydrogens is 408 g/mol. The molecule has 29 heavy (non-hydrogen) atoms. The highest BCUT2D eigenvalue weighted by Gasteiger charge is 2.19. The Bertz CT molecular complexity index is 1130. The van der Waals surface area contributed by atoms with Crippen LogP contribution in [0.5, 0.6) is 0 Å². The minimum absolute atomic E-state index is 0.181. The lowest BCUT2D eigenvalue weighted by molar-refractivity contribution is 0.102. The van der Waals surface area contributed by atoms with Gasteiger partial charge in [0.15, 0.2) is 5.13 Å². The lowest BCUT2D eigenvalue weighted by Crippen LogP contribution is -2.25. The zero-order valence-electron chi connectivity index (χ0n) is 15.8. The number of hydrogen-bond acceptors (Lipinski definition) is 6. The van der Waals surface area contributed by atoms with Gasteiger partial charge in [-0.25, -0.2) is 13.4 Å². The Kier molecular flexibility index (Phi) is 5.35. The number of carbonyl (C=O) groups excluding carboxylic acids is 1. The summed E-state index contributed by atoms with van der Waals surface area (Å²) in [5.41, 5.74) is 1.87. The van der Waals surface area contributed by atoms with E-state index in [1.54, 1.807) is 42.5 Å². The Hall–Kier alpha value is -2.75. The number of thiazole rings is 1. The normalized spacial score (nSPS) is 14.2. The predicted molar refractivity (Wildman–Crippen MR) is 114 cm³/mol. The molecule has 0 radical (unpaired) electrons. The zero-order valence-corrected chi connectivity index (χ0v) is 17.4. The Morgan fingerprint density at radius 2 is 1.83 bits per heavy atom. The summed E-state index contributed by atoms with van der Waals surface area (Å²) < 4.78 is 27.3. The molecule has 2 heterocycles. The van der Waals surface area contributed by atoms with Gasteiger partial charge in [0, 0.05) is 35.6 Å². The third kappa shape index (κ3) is 4.47. The predicted octanol–water partition coefficient (Wildman–Crippen LogP) is 3.18. The van der Waals surface area contributed by atoms with Crippen LogP contribution in [0.1, 0.15) is 20.9 Å². The van der Waals surface area contributed by atoms with Crippen molar-refractivity contribution in [1.82, 2.24) is 9.88 Å². The van der Waals surface area contributed by atoms with Crippen molar-refractivity contribution in [2.24, 2.45) is 0 Å². The average molecular weight is 429 g/mol. The SMILES string of the molecule is CN1CCc2nc(NC(=O)c3ccc(NS(=O)(=O)c4ccccc4)cc3)sc2C1. The first-order chi connectivity index (χ1) is 13.9. The molecule has 0 fully saturated rings. The van der Waals surface area contributed by atoms with E-state index >= 15 is 0 Å². The highest BCUT2D eigenvalue weighted by molar-refractivity contribution is 7.92. The summed E-state index contributed by atoms with van der Waals surface area (Å²) in [5, 5.41) is 3.42. The number of carbonyl (C=O) groups is 1. The average Bonchev–Trinajstić information content (AvgIpc) is 3.10. The molecule has 150 valence electrons. The number of sulfonamides is 1. The van der Waals surface area contributed by atoms with E-state index in [4.69, 9.17) is 0 Å². The second-order valence-electron chi connectivity index (χ2n) is 6.83. The summed E-state index contributed by atoms with van der Waals surface area (Å²) in [7, 11) is -1.60. The lowest BCUT2D eigenvalue weighted by atomic mass is 10.2. The summed E-state index contributed by atoms with van der Waals surface area (Å²) in [5.74, 6) is -0.276. The molecule has 4 rings (SSSR count). The van der Waals surface area contributed by atoms with Gasteiger partial charge in [-0.1, -0.05) is 18.2 Å². The summed E-state index contributed by atoms with van der Waals surface area (Å²) in [6.45, 7) is 1.81. The van der Waals surface area contributed by atoms with E-state index in [0.29, 0.717) is 16.4 Å². The van der Waals surface area contributed by atoms with Crippen molar-refractivity contribution in [2.45, 2.75) is 17.9 Å². The molecule has 1 aliphatic heterocycles. The second-order valence-corrected chi connectivity index (χ2v) is 9.59. The first kappa shape index (κ1) is 19.6. The molecule has 3 aromatic rings. The molecule has 2 N–H and O–H groups in total. The molecule has 0 saturated heterocycles. The minimum atomic E-state index is -3.66. The van der Waals surface area contributed by atoms with Crippen molar-refractivity contribution in [3.8, 4) is 0 Å². The van der Waals surface area contributed by atoms with Crippen LogP contribution in [0.3, 0.4) is 0 Å². The molecule has 1 amide bonds. The fraction of sp³-hybridized carbons (Fsp3) is 0.200. The van der Waals surface area contributed by atoms with Gasteiger partial charge in [0.25, 0.3) is 15.9 Å². The van der Waals surface area contributed by atoms with E-state index in [9.17, 15) is 13.2 Å². The van der Waals surface area contributed by atoms with E-state index < -0.39 is 10.0 Å². The standard InChI is InChI=1S/C20H20N4O3S2/c1-24-12-11-17-18(13-24)28-20(21-17)22-19(25)14-7-9-15(10-8-14)23-29(26,27)16-5-3-2-4-6-16/h2-10,23H,11-13H2,1H3,(H,21,22,25). The number of nitrogens with one attached hydrogen (secondary N) is 2. The van der Waals surface area contributed by atoms with Crippen LogP contribution in [-0.4, -0.2) is 37.8 Å². The summed E-state index contributed by atoms with van der Waals surface area (Å²) in [4.78, 5) is 20.6. The van der Waals surface area contributed by atoms with Gasteiger partial charge in [-0.3, -0.25) is 14.8 Å². The quantitative estimate of drug-likeness (QED) is 0.651. The third-order valence-corrected chi connectivity index (χ3v) is 6.99. The van der Waals surface area contributed by atoms with Crippen molar-refractivity contribution < 1.29 is 13.2 Å². The summed E-state index contributed by atoms with van der Waals surface area (Å²) >= 11 is 1.49. The Balaban J connectivity index is 1.43. The fourth-order valence-corrected chi connectivity index (χ4v) is 5.21. The first-order valence-corrected chi connectivity index (χ1v) is 11.4. The highest BCUT2D eigenvalue weighted by Crippen LogP contribution is 2.28. The van der Waals surface area contributed by atoms with Gasteiger partial charge < -0.3 is 4.90 Å². The van der Waals surface area contributed by atoms with Gasteiger partial charge in [0.05, 0.1) is 10.6 Å². The van der Waals surface area contributed by atoms with Crippen LogP contribution >= 0.6 is 11.3 Å². The molecule has 0 bridgehead atoms. The molecule has 2 aromatic carbocycles. The summed E-state index contributed by atoms with van der Waals surface area (Å²) in [6.07, 6.45) is 0.883. The Morgan fingerprint density at radius 3 is 2.55 bits per heavy atom. The topological polar surface area (TPSA) is 91.4 Å². The number of rotatable bonds is 5. The van der Waals surface area contributed by atoms with Crippen molar-refractivity contribution >= 4 is 38.1 Å². The van der Waals surface area contributed by atoms with Crippen molar-refractivity contribution in [2.75, 3.05) is 23.6 Å². The van der Waals surface area contributed by atoms with Crippen LogP contribution in [-0.2, 0) is 23.0 Å². The van der Waals surface area contributed by atoms with Gasteiger partial charge in [0.1, 0.15) is 0 Å². The van der Waals surface area contributed by atoms with Crippen LogP contribution in [0, 0.1) is 0 Å². The largest absolute Gasteiger partial charge is 0.301 e. The molecule has 7 nitrogen and oxygen atoms in total. The number of fused-ring (bicyclic) bond motifs is 1. The third-order valence-electron chi connectivity index (χ3n) is 4.60. The Morgan fingerprint density at radius 1 is 1.10 bits per heavy atom. The van der Waals surface area contributed by atoms with Crippen molar-refractivity contribution in [3.05, 3.63) is 70.7 Å². The number of hydrogen-bond donors (Lipinski definition) is 2. The number of aromatic nitrogens is 1. The maximum atomic E-state index is 12.5. The van der Waals surface area contributed by atoms with Crippen LogP contribution in [0.4, 0.5) is 10.8 Å². The summed E-state index contributed by atoms with van der Waals surface area (Å²) in [6, 6.07) is 14.4. The fourth-order valence-electron chi connectivity index (χ4n) is 3.05. The monoisotopic (exact) mass is 428 g/mol. The number of anilines is 2. The molecule has 1 aromatic heterocycles. The van der Waals surface area contributed by atoms with E-state index in [-0.39, 0.29) is 10.8 Å². The zero-order chi connectivity index (χ0) is 20.4. The molecule has 9 heteroatoms. The Labute approximate surface area is 173 Å². The van der Waals surface area contributed by atoms with Crippen LogP contribution in [0.2, 0.25) is 0 Å². The van der Waals surface area contributed by atoms with Gasteiger partial charge in [-0.05, 0) is 43.4 Å². The van der Waals surface area contributed by atoms with Crippen LogP contribution in [0.15, 0.2) is 59.5 Å². The molecule has 1 aliphatic rings. The maximum Gasteiger partial charge on any atom is 0.261 e. The van der Waals surface area contributed by atoms with E-state index in [0.717, 1.165) is 25.2 Å².